The molecule has 3 aromatic rings. The molecule has 2 amide bonds. The van der Waals surface area contributed by atoms with Gasteiger partial charge in [0.25, 0.3) is 11.8 Å². The van der Waals surface area contributed by atoms with Gasteiger partial charge in [0, 0.05) is 10.2 Å². The van der Waals surface area contributed by atoms with Crippen LogP contribution in [0.2, 0.25) is 0 Å². The average Bonchev–Trinajstić information content (AvgIpc) is 3.18. The number of amides is 2. The van der Waals surface area contributed by atoms with Gasteiger partial charge in [-0.2, -0.15) is 0 Å². The van der Waals surface area contributed by atoms with Gasteiger partial charge >= 0.3 is 0 Å². The normalized spacial score (nSPS) is 10.3. The number of nitrogens with one attached hydrogen (secondary N) is 2. The minimum atomic E-state index is -0.351. The van der Waals surface area contributed by atoms with Gasteiger partial charge in [-0.1, -0.05) is 22.0 Å². The van der Waals surface area contributed by atoms with Gasteiger partial charge < -0.3 is 15.1 Å². The molecule has 23 heavy (non-hydrogen) atoms. The zero-order chi connectivity index (χ0) is 16.2. The summed E-state index contributed by atoms with van der Waals surface area (Å²) in [6.07, 6.45) is 1.43. The van der Waals surface area contributed by atoms with Crippen LogP contribution in [0.15, 0.2) is 63.7 Å². The molecule has 2 aromatic heterocycles. The molecule has 0 fully saturated rings. The second-order valence-electron chi connectivity index (χ2n) is 4.56. The molecule has 5 nitrogen and oxygen atoms in total. The van der Waals surface area contributed by atoms with Gasteiger partial charge in [-0.3, -0.25) is 9.59 Å². The van der Waals surface area contributed by atoms with Crippen LogP contribution < -0.4 is 10.6 Å². The van der Waals surface area contributed by atoms with Crippen molar-refractivity contribution in [1.29, 1.82) is 0 Å². The van der Waals surface area contributed by atoms with E-state index in [1.165, 1.54) is 17.6 Å². The van der Waals surface area contributed by atoms with Crippen LogP contribution in [0.5, 0.6) is 0 Å². The SMILES string of the molecule is O=C(Nc1ccc(C(=O)Nc2cccc(Br)c2)s1)c1ccco1. The number of carbonyl (C=O) groups excluding carboxylic acids is 2. The van der Waals surface area contributed by atoms with E-state index in [0.717, 1.165) is 4.47 Å². The van der Waals surface area contributed by atoms with Gasteiger partial charge in [0.2, 0.25) is 0 Å². The fourth-order valence-electron chi connectivity index (χ4n) is 1.87. The third kappa shape index (κ3) is 3.88. The smallest absolute Gasteiger partial charge is 0.291 e. The molecule has 7 heteroatoms. The Morgan fingerprint density at radius 1 is 1.00 bits per heavy atom. The number of anilines is 2. The highest BCUT2D eigenvalue weighted by atomic mass is 79.9. The summed E-state index contributed by atoms with van der Waals surface area (Å²) < 4.78 is 5.90. The van der Waals surface area contributed by atoms with Crippen molar-refractivity contribution in [2.45, 2.75) is 0 Å². The summed E-state index contributed by atoms with van der Waals surface area (Å²) >= 11 is 4.55. The van der Waals surface area contributed by atoms with Crippen LogP contribution in [0.1, 0.15) is 20.2 Å². The molecule has 0 radical (unpaired) electrons. The Morgan fingerprint density at radius 3 is 2.61 bits per heavy atom. The lowest BCUT2D eigenvalue weighted by molar-refractivity contribution is 0.0995. The Kier molecular flexibility index (Phi) is 4.59. The molecule has 0 unspecified atom stereocenters. The quantitative estimate of drug-likeness (QED) is 0.683. The first-order valence-corrected chi connectivity index (χ1v) is 8.24. The van der Waals surface area contributed by atoms with Crippen LogP contribution in [0, 0.1) is 0 Å². The van der Waals surface area contributed by atoms with E-state index < -0.39 is 0 Å². The monoisotopic (exact) mass is 390 g/mol. The Morgan fingerprint density at radius 2 is 1.87 bits per heavy atom. The number of hydrogen-bond acceptors (Lipinski definition) is 4. The van der Waals surface area contributed by atoms with Gasteiger partial charge in [0.15, 0.2) is 5.76 Å². The number of hydrogen-bond donors (Lipinski definition) is 2. The molecular weight excluding hydrogens is 380 g/mol. The minimum Gasteiger partial charge on any atom is -0.459 e. The van der Waals surface area contributed by atoms with Gasteiger partial charge in [0.05, 0.1) is 16.1 Å². The van der Waals surface area contributed by atoms with E-state index in [1.807, 2.05) is 18.2 Å². The van der Waals surface area contributed by atoms with Crippen molar-refractivity contribution in [2.24, 2.45) is 0 Å². The summed E-state index contributed by atoms with van der Waals surface area (Å²) in [7, 11) is 0. The van der Waals surface area contributed by atoms with E-state index in [1.54, 1.807) is 30.3 Å². The predicted octanol–water partition coefficient (Wildman–Crippen LogP) is 4.61. The number of benzene rings is 1. The second-order valence-corrected chi connectivity index (χ2v) is 6.56. The summed E-state index contributed by atoms with van der Waals surface area (Å²) in [6.45, 7) is 0. The van der Waals surface area contributed by atoms with Crippen LogP contribution >= 0.6 is 27.3 Å². The Hall–Kier alpha value is -2.38. The number of thiophene rings is 1. The molecule has 0 saturated heterocycles. The highest BCUT2D eigenvalue weighted by Crippen LogP contribution is 2.24. The minimum absolute atomic E-state index is 0.221. The molecule has 0 bridgehead atoms. The topological polar surface area (TPSA) is 71.3 Å². The first-order chi connectivity index (χ1) is 11.1. The van der Waals surface area contributed by atoms with Crippen molar-refractivity contribution in [1.82, 2.24) is 0 Å². The molecule has 0 spiro atoms. The fourth-order valence-corrected chi connectivity index (χ4v) is 3.06. The van der Waals surface area contributed by atoms with Crippen molar-refractivity contribution in [3.8, 4) is 0 Å². The fraction of sp³-hybridized carbons (Fsp3) is 0. The molecule has 0 aliphatic carbocycles. The van der Waals surface area contributed by atoms with E-state index >= 15 is 0 Å². The number of furan rings is 1. The summed E-state index contributed by atoms with van der Waals surface area (Å²) in [6, 6.07) is 13.9. The third-order valence-electron chi connectivity index (χ3n) is 2.89. The summed E-state index contributed by atoms with van der Waals surface area (Å²) in [5, 5.41) is 6.07. The zero-order valence-corrected chi connectivity index (χ0v) is 14.1. The van der Waals surface area contributed by atoms with E-state index in [2.05, 4.69) is 26.6 Å². The van der Waals surface area contributed by atoms with Crippen molar-refractivity contribution < 1.29 is 14.0 Å². The van der Waals surface area contributed by atoms with Crippen LogP contribution in [0.4, 0.5) is 10.7 Å². The molecule has 1 aromatic carbocycles. The second kappa shape index (κ2) is 6.80. The average molecular weight is 391 g/mol. The number of rotatable bonds is 4. The molecule has 116 valence electrons. The Labute approximate surface area is 144 Å². The molecule has 0 aliphatic rings. The zero-order valence-electron chi connectivity index (χ0n) is 11.7. The first-order valence-electron chi connectivity index (χ1n) is 6.63. The van der Waals surface area contributed by atoms with Gasteiger partial charge in [-0.05, 0) is 42.5 Å². The first kappa shape index (κ1) is 15.5. The number of carbonyl (C=O) groups is 2. The van der Waals surface area contributed by atoms with Crippen molar-refractivity contribution in [3.63, 3.8) is 0 Å². The molecule has 0 atom stereocenters. The van der Waals surface area contributed by atoms with E-state index in [9.17, 15) is 9.59 Å². The van der Waals surface area contributed by atoms with Crippen molar-refractivity contribution in [2.75, 3.05) is 10.6 Å². The Balaban J connectivity index is 1.66. The van der Waals surface area contributed by atoms with E-state index in [0.29, 0.717) is 15.6 Å². The molecular formula is C16H11BrN2O3S. The van der Waals surface area contributed by atoms with E-state index in [4.69, 9.17) is 4.42 Å². The predicted molar refractivity (Wildman–Crippen MR) is 93.1 cm³/mol. The molecule has 2 heterocycles. The maximum absolute atomic E-state index is 12.2. The summed E-state index contributed by atoms with van der Waals surface area (Å²) in [5.41, 5.74) is 0.693. The van der Waals surface area contributed by atoms with Crippen molar-refractivity contribution >= 4 is 49.8 Å². The van der Waals surface area contributed by atoms with Crippen LogP contribution in [-0.2, 0) is 0 Å². The maximum atomic E-state index is 12.2. The maximum Gasteiger partial charge on any atom is 0.291 e. The standard InChI is InChI=1S/C16H11BrN2O3S/c17-10-3-1-4-11(9-10)18-16(21)13-6-7-14(23-13)19-15(20)12-5-2-8-22-12/h1-9H,(H,18,21)(H,19,20). The van der Waals surface area contributed by atoms with Crippen LogP contribution in [0.25, 0.3) is 0 Å². The van der Waals surface area contributed by atoms with Crippen LogP contribution in [-0.4, -0.2) is 11.8 Å². The highest BCUT2D eigenvalue weighted by molar-refractivity contribution is 9.10. The summed E-state index contributed by atoms with van der Waals surface area (Å²) in [5.74, 6) is -0.360. The lowest BCUT2D eigenvalue weighted by Gasteiger charge is -2.03. The third-order valence-corrected chi connectivity index (χ3v) is 4.39. The lowest BCUT2D eigenvalue weighted by Crippen LogP contribution is -2.10. The highest BCUT2D eigenvalue weighted by Gasteiger charge is 2.13. The summed E-state index contributed by atoms with van der Waals surface area (Å²) in [4.78, 5) is 24.6. The van der Waals surface area contributed by atoms with Crippen LogP contribution in [0.3, 0.4) is 0 Å². The van der Waals surface area contributed by atoms with Crippen molar-refractivity contribution in [3.05, 3.63) is 69.9 Å². The van der Waals surface area contributed by atoms with Gasteiger partial charge in [-0.25, -0.2) is 0 Å². The number of halogens is 1. The largest absolute Gasteiger partial charge is 0.459 e. The van der Waals surface area contributed by atoms with Gasteiger partial charge in [-0.15, -0.1) is 11.3 Å². The molecule has 0 saturated carbocycles. The molecule has 3 rings (SSSR count). The molecule has 2 N–H and O–H groups in total. The van der Waals surface area contributed by atoms with Gasteiger partial charge in [0.1, 0.15) is 0 Å². The Bertz CT molecular complexity index is 843. The molecule has 0 aliphatic heterocycles. The van der Waals surface area contributed by atoms with E-state index in [-0.39, 0.29) is 17.6 Å². The lowest BCUT2D eigenvalue weighted by atomic mass is 10.3.